The van der Waals surface area contributed by atoms with E-state index in [1.807, 2.05) is 49.4 Å². The van der Waals surface area contributed by atoms with Crippen molar-refractivity contribution < 1.29 is 14.3 Å². The molecule has 0 atom stereocenters. The summed E-state index contributed by atoms with van der Waals surface area (Å²) in [6.45, 7) is 2.78. The van der Waals surface area contributed by atoms with Crippen molar-refractivity contribution >= 4 is 27.6 Å². The Morgan fingerprint density at radius 1 is 1.13 bits per heavy atom. The molecule has 2 N–H and O–H groups in total. The van der Waals surface area contributed by atoms with E-state index in [0.717, 1.165) is 27.2 Å². The SMILES string of the molecule is COc1ccc(OCCNC(=O)Nc2ccc(C)cc2Br)cc1. The number of benzene rings is 2. The summed E-state index contributed by atoms with van der Waals surface area (Å²) in [5.41, 5.74) is 1.85. The molecule has 0 aliphatic rings. The first-order valence-electron chi connectivity index (χ1n) is 7.16. The van der Waals surface area contributed by atoms with Crippen molar-refractivity contribution in [3.8, 4) is 11.5 Å². The predicted octanol–water partition coefficient (Wildman–Crippen LogP) is 3.97. The number of rotatable bonds is 6. The van der Waals surface area contributed by atoms with Gasteiger partial charge in [-0.15, -0.1) is 0 Å². The Bertz CT molecular complexity index is 659. The molecule has 0 heterocycles. The highest BCUT2D eigenvalue weighted by Crippen LogP contribution is 2.23. The van der Waals surface area contributed by atoms with E-state index in [2.05, 4.69) is 26.6 Å². The molecule has 23 heavy (non-hydrogen) atoms. The van der Waals surface area contributed by atoms with Crippen LogP contribution < -0.4 is 20.1 Å². The first kappa shape index (κ1) is 17.1. The maximum absolute atomic E-state index is 11.8. The fourth-order valence-electron chi connectivity index (χ4n) is 1.89. The van der Waals surface area contributed by atoms with Gasteiger partial charge >= 0.3 is 6.03 Å². The van der Waals surface area contributed by atoms with Gasteiger partial charge in [0.25, 0.3) is 0 Å². The molecule has 2 amide bonds. The highest BCUT2D eigenvalue weighted by molar-refractivity contribution is 9.10. The summed E-state index contributed by atoms with van der Waals surface area (Å²) in [7, 11) is 1.62. The first-order chi connectivity index (χ1) is 11.1. The number of ether oxygens (including phenoxy) is 2. The number of carbonyl (C=O) groups is 1. The third kappa shape index (κ3) is 5.49. The zero-order valence-electron chi connectivity index (χ0n) is 13.1. The van der Waals surface area contributed by atoms with Crippen molar-refractivity contribution in [2.75, 3.05) is 25.6 Å². The number of anilines is 1. The largest absolute Gasteiger partial charge is 0.497 e. The topological polar surface area (TPSA) is 59.6 Å². The van der Waals surface area contributed by atoms with Gasteiger partial charge in [-0.3, -0.25) is 0 Å². The third-order valence-corrected chi connectivity index (χ3v) is 3.74. The fraction of sp³-hybridized carbons (Fsp3) is 0.235. The van der Waals surface area contributed by atoms with Gasteiger partial charge in [0.2, 0.25) is 0 Å². The monoisotopic (exact) mass is 378 g/mol. The van der Waals surface area contributed by atoms with E-state index in [4.69, 9.17) is 9.47 Å². The molecular formula is C17H19BrN2O3. The smallest absolute Gasteiger partial charge is 0.319 e. The molecule has 0 bridgehead atoms. The molecule has 2 aromatic carbocycles. The fourth-order valence-corrected chi connectivity index (χ4v) is 2.49. The van der Waals surface area contributed by atoms with Crippen molar-refractivity contribution in [2.45, 2.75) is 6.92 Å². The van der Waals surface area contributed by atoms with E-state index in [0.29, 0.717) is 13.2 Å². The van der Waals surface area contributed by atoms with Gasteiger partial charge in [-0.1, -0.05) is 6.07 Å². The minimum absolute atomic E-state index is 0.270. The lowest BCUT2D eigenvalue weighted by Gasteiger charge is -2.10. The maximum atomic E-state index is 11.8. The van der Waals surface area contributed by atoms with E-state index in [1.165, 1.54) is 0 Å². The van der Waals surface area contributed by atoms with Gasteiger partial charge in [0.15, 0.2) is 0 Å². The summed E-state index contributed by atoms with van der Waals surface area (Å²) in [5, 5.41) is 5.53. The Morgan fingerprint density at radius 3 is 2.48 bits per heavy atom. The zero-order chi connectivity index (χ0) is 16.7. The van der Waals surface area contributed by atoms with Crippen molar-refractivity contribution in [2.24, 2.45) is 0 Å². The third-order valence-electron chi connectivity index (χ3n) is 3.09. The predicted molar refractivity (Wildman–Crippen MR) is 94.4 cm³/mol. The van der Waals surface area contributed by atoms with E-state index >= 15 is 0 Å². The van der Waals surface area contributed by atoms with Crippen LogP contribution in [0.5, 0.6) is 11.5 Å². The normalized spacial score (nSPS) is 10.0. The second kappa shape index (κ2) is 8.43. The van der Waals surface area contributed by atoms with Crippen LogP contribution in [0.3, 0.4) is 0 Å². The number of aryl methyl sites for hydroxylation is 1. The molecule has 0 aliphatic carbocycles. The average Bonchev–Trinajstić information content (AvgIpc) is 2.55. The van der Waals surface area contributed by atoms with Crippen LogP contribution in [0.4, 0.5) is 10.5 Å². The van der Waals surface area contributed by atoms with Crippen LogP contribution in [-0.4, -0.2) is 26.3 Å². The van der Waals surface area contributed by atoms with Crippen LogP contribution in [0.1, 0.15) is 5.56 Å². The summed E-state index contributed by atoms with van der Waals surface area (Å²) >= 11 is 3.42. The minimum Gasteiger partial charge on any atom is -0.497 e. The van der Waals surface area contributed by atoms with E-state index in [9.17, 15) is 4.79 Å². The maximum Gasteiger partial charge on any atom is 0.319 e. The number of amides is 2. The Labute approximate surface area is 144 Å². The average molecular weight is 379 g/mol. The molecule has 0 unspecified atom stereocenters. The Hall–Kier alpha value is -2.21. The quantitative estimate of drug-likeness (QED) is 0.747. The van der Waals surface area contributed by atoms with Crippen molar-refractivity contribution in [1.82, 2.24) is 5.32 Å². The number of halogens is 1. The van der Waals surface area contributed by atoms with Crippen LogP contribution in [-0.2, 0) is 0 Å². The second-order valence-corrected chi connectivity index (χ2v) is 5.74. The van der Waals surface area contributed by atoms with Crippen molar-refractivity contribution in [1.29, 1.82) is 0 Å². The highest BCUT2D eigenvalue weighted by Gasteiger charge is 2.05. The van der Waals surface area contributed by atoms with Gasteiger partial charge in [0.05, 0.1) is 19.3 Å². The molecule has 2 aromatic rings. The van der Waals surface area contributed by atoms with Crippen LogP contribution in [0.2, 0.25) is 0 Å². The van der Waals surface area contributed by atoms with E-state index in [1.54, 1.807) is 7.11 Å². The molecule has 2 rings (SSSR count). The van der Waals surface area contributed by atoms with Gasteiger partial charge < -0.3 is 20.1 Å². The molecule has 0 saturated carbocycles. The molecule has 0 spiro atoms. The van der Waals surface area contributed by atoms with E-state index in [-0.39, 0.29) is 6.03 Å². The zero-order valence-corrected chi connectivity index (χ0v) is 14.6. The number of hydrogen-bond acceptors (Lipinski definition) is 3. The molecule has 0 aliphatic heterocycles. The summed E-state index contributed by atoms with van der Waals surface area (Å²) in [6, 6.07) is 12.8. The van der Waals surface area contributed by atoms with Crippen molar-refractivity contribution in [3.05, 3.63) is 52.5 Å². The lowest BCUT2D eigenvalue weighted by atomic mass is 10.2. The number of carbonyl (C=O) groups excluding carboxylic acids is 1. The molecule has 0 fully saturated rings. The van der Waals surface area contributed by atoms with Gasteiger partial charge in [0.1, 0.15) is 18.1 Å². The Kier molecular flexibility index (Phi) is 6.29. The molecule has 6 heteroatoms. The first-order valence-corrected chi connectivity index (χ1v) is 7.95. The summed E-state index contributed by atoms with van der Waals surface area (Å²) in [6.07, 6.45) is 0. The molecule has 0 saturated heterocycles. The summed E-state index contributed by atoms with van der Waals surface area (Å²) in [4.78, 5) is 11.8. The Balaban J connectivity index is 1.72. The molecule has 0 aromatic heterocycles. The van der Waals surface area contributed by atoms with Gasteiger partial charge in [-0.2, -0.15) is 0 Å². The lowest BCUT2D eigenvalue weighted by molar-refractivity contribution is 0.247. The number of methoxy groups -OCH3 is 1. The molecule has 5 nitrogen and oxygen atoms in total. The highest BCUT2D eigenvalue weighted by atomic mass is 79.9. The number of nitrogens with one attached hydrogen (secondary N) is 2. The van der Waals surface area contributed by atoms with Gasteiger partial charge in [-0.05, 0) is 64.8 Å². The number of hydrogen-bond donors (Lipinski definition) is 2. The van der Waals surface area contributed by atoms with E-state index < -0.39 is 0 Å². The van der Waals surface area contributed by atoms with Crippen LogP contribution in [0.25, 0.3) is 0 Å². The summed E-state index contributed by atoms with van der Waals surface area (Å²) < 4.78 is 11.5. The Morgan fingerprint density at radius 2 is 1.83 bits per heavy atom. The minimum atomic E-state index is -0.270. The van der Waals surface area contributed by atoms with Crippen LogP contribution in [0.15, 0.2) is 46.9 Å². The lowest BCUT2D eigenvalue weighted by Crippen LogP contribution is -2.32. The molecule has 0 radical (unpaired) electrons. The molecular weight excluding hydrogens is 360 g/mol. The van der Waals surface area contributed by atoms with Gasteiger partial charge in [-0.25, -0.2) is 4.79 Å². The number of urea groups is 1. The molecule has 122 valence electrons. The van der Waals surface area contributed by atoms with Crippen molar-refractivity contribution in [3.63, 3.8) is 0 Å². The second-order valence-electron chi connectivity index (χ2n) is 4.89. The summed E-state index contributed by atoms with van der Waals surface area (Å²) in [5.74, 6) is 1.51. The standard InChI is InChI=1S/C17H19BrN2O3/c1-12-3-8-16(15(18)11-12)20-17(21)19-9-10-23-14-6-4-13(22-2)5-7-14/h3-8,11H,9-10H2,1-2H3,(H2,19,20,21). The van der Waals surface area contributed by atoms with Crippen LogP contribution in [0, 0.1) is 6.92 Å². The van der Waals surface area contributed by atoms with Gasteiger partial charge in [0, 0.05) is 4.47 Å². The van der Waals surface area contributed by atoms with Crippen LogP contribution >= 0.6 is 15.9 Å².